The fourth-order valence-electron chi connectivity index (χ4n) is 6.29. The molecule has 0 amide bonds. The molecule has 2 saturated carbocycles. The second-order valence-corrected chi connectivity index (χ2v) is 8.44. The van der Waals surface area contributed by atoms with Gasteiger partial charge in [0.15, 0.2) is 0 Å². The average Bonchev–Trinajstić information content (AvgIpc) is 2.74. The SMILES string of the molecule is CC.CC1CCCC2(C)C1CCC1(CO)C(O)CC(CO)=CCC21. The molecule has 3 heteroatoms. The summed E-state index contributed by atoms with van der Waals surface area (Å²) in [5.74, 6) is 1.78. The van der Waals surface area contributed by atoms with E-state index in [9.17, 15) is 15.3 Å². The highest BCUT2D eigenvalue weighted by molar-refractivity contribution is 5.17. The van der Waals surface area contributed by atoms with Crippen LogP contribution in [0.25, 0.3) is 0 Å². The van der Waals surface area contributed by atoms with E-state index >= 15 is 0 Å². The largest absolute Gasteiger partial charge is 0.396 e. The van der Waals surface area contributed by atoms with Gasteiger partial charge < -0.3 is 15.3 Å². The van der Waals surface area contributed by atoms with Gasteiger partial charge in [-0.1, -0.05) is 46.6 Å². The maximum Gasteiger partial charge on any atom is 0.0659 e. The Labute approximate surface area is 148 Å². The molecule has 3 aliphatic carbocycles. The van der Waals surface area contributed by atoms with Crippen LogP contribution >= 0.6 is 0 Å². The maximum absolute atomic E-state index is 10.9. The van der Waals surface area contributed by atoms with Crippen LogP contribution in [0, 0.1) is 28.6 Å². The number of aliphatic hydroxyl groups is 3. The Morgan fingerprint density at radius 2 is 1.88 bits per heavy atom. The Morgan fingerprint density at radius 1 is 1.17 bits per heavy atom. The van der Waals surface area contributed by atoms with Crippen LogP contribution in [0.5, 0.6) is 0 Å². The van der Waals surface area contributed by atoms with Gasteiger partial charge in [-0.3, -0.25) is 0 Å². The van der Waals surface area contributed by atoms with Crippen LogP contribution < -0.4 is 0 Å². The first-order chi connectivity index (χ1) is 11.5. The molecule has 0 radical (unpaired) electrons. The third-order valence-corrected chi connectivity index (χ3v) is 7.58. The van der Waals surface area contributed by atoms with Crippen LogP contribution in [-0.4, -0.2) is 34.6 Å². The molecule has 6 unspecified atom stereocenters. The van der Waals surface area contributed by atoms with E-state index in [-0.39, 0.29) is 24.0 Å². The first-order valence-electron chi connectivity index (χ1n) is 10.1. The lowest BCUT2D eigenvalue weighted by Crippen LogP contribution is -2.58. The summed E-state index contributed by atoms with van der Waals surface area (Å²) < 4.78 is 0. The van der Waals surface area contributed by atoms with Crippen LogP contribution in [0.4, 0.5) is 0 Å². The van der Waals surface area contributed by atoms with Crippen molar-refractivity contribution in [2.75, 3.05) is 13.2 Å². The lowest BCUT2D eigenvalue weighted by atomic mass is 9.44. The van der Waals surface area contributed by atoms with Gasteiger partial charge in [-0.2, -0.15) is 0 Å². The van der Waals surface area contributed by atoms with Gasteiger partial charge in [-0.25, -0.2) is 0 Å². The molecule has 0 aromatic rings. The van der Waals surface area contributed by atoms with E-state index in [4.69, 9.17) is 0 Å². The minimum absolute atomic E-state index is 0.0296. The van der Waals surface area contributed by atoms with Gasteiger partial charge in [0, 0.05) is 5.41 Å². The summed E-state index contributed by atoms with van der Waals surface area (Å²) in [7, 11) is 0. The van der Waals surface area contributed by atoms with Crippen molar-refractivity contribution >= 4 is 0 Å². The summed E-state index contributed by atoms with van der Waals surface area (Å²) in [4.78, 5) is 0. The summed E-state index contributed by atoms with van der Waals surface area (Å²) in [6.45, 7) is 8.89. The van der Waals surface area contributed by atoms with E-state index in [1.54, 1.807) is 0 Å². The highest BCUT2D eigenvalue weighted by Gasteiger charge is 2.59. The summed E-state index contributed by atoms with van der Waals surface area (Å²) >= 11 is 0. The molecule has 0 spiro atoms. The van der Waals surface area contributed by atoms with Gasteiger partial charge in [-0.05, 0) is 60.8 Å². The zero-order valence-corrected chi connectivity index (χ0v) is 16.1. The van der Waals surface area contributed by atoms with Crippen molar-refractivity contribution in [1.82, 2.24) is 0 Å². The predicted molar refractivity (Wildman–Crippen MR) is 98.6 cm³/mol. The molecule has 24 heavy (non-hydrogen) atoms. The van der Waals surface area contributed by atoms with Crippen molar-refractivity contribution in [3.8, 4) is 0 Å². The lowest BCUT2D eigenvalue weighted by Gasteiger charge is -2.61. The molecule has 3 rings (SSSR count). The molecule has 3 nitrogen and oxygen atoms in total. The third kappa shape index (κ3) is 3.08. The van der Waals surface area contributed by atoms with Crippen molar-refractivity contribution in [3.05, 3.63) is 11.6 Å². The third-order valence-electron chi connectivity index (χ3n) is 7.58. The molecular formula is C21H38O3. The molecule has 0 aromatic carbocycles. The standard InChI is InChI=1S/C19H32O3.C2H6/c1-13-4-3-8-18(2)15(13)7-9-19(12-21)16(18)6-5-14(11-20)10-17(19)22;1-2/h5,13,15-17,20-22H,3-4,6-12H2,1-2H3;1-2H3. The molecule has 0 bridgehead atoms. The van der Waals surface area contributed by atoms with Gasteiger partial charge in [0.05, 0.1) is 19.3 Å². The Kier molecular flexibility index (Phi) is 6.55. The maximum atomic E-state index is 10.9. The highest BCUT2D eigenvalue weighted by atomic mass is 16.3. The van der Waals surface area contributed by atoms with Crippen LogP contribution in [0.15, 0.2) is 11.6 Å². The number of allylic oxidation sites excluding steroid dienone is 1. The smallest absolute Gasteiger partial charge is 0.0659 e. The van der Waals surface area contributed by atoms with Crippen LogP contribution in [0.1, 0.15) is 72.6 Å². The molecule has 0 saturated heterocycles. The number of hydrogen-bond donors (Lipinski definition) is 3. The predicted octanol–water partition coefficient (Wildman–Crippen LogP) is 3.92. The highest BCUT2D eigenvalue weighted by Crippen LogP contribution is 2.63. The normalized spacial score (nSPS) is 45.0. The van der Waals surface area contributed by atoms with Gasteiger partial charge in [0.1, 0.15) is 0 Å². The topological polar surface area (TPSA) is 60.7 Å². The molecule has 2 fully saturated rings. The second-order valence-electron chi connectivity index (χ2n) is 8.44. The van der Waals surface area contributed by atoms with E-state index in [2.05, 4.69) is 19.9 Å². The van der Waals surface area contributed by atoms with Crippen molar-refractivity contribution in [1.29, 1.82) is 0 Å². The van der Waals surface area contributed by atoms with Gasteiger partial charge in [0.2, 0.25) is 0 Å². The van der Waals surface area contributed by atoms with Crippen molar-refractivity contribution in [3.63, 3.8) is 0 Å². The number of rotatable bonds is 2. The first kappa shape index (κ1) is 19.9. The van der Waals surface area contributed by atoms with Gasteiger partial charge in [0.25, 0.3) is 0 Å². The molecular weight excluding hydrogens is 300 g/mol. The van der Waals surface area contributed by atoms with E-state index in [0.29, 0.717) is 18.3 Å². The Bertz CT molecular complexity index is 446. The van der Waals surface area contributed by atoms with Gasteiger partial charge >= 0.3 is 0 Å². The fraction of sp³-hybridized carbons (Fsp3) is 0.905. The quantitative estimate of drug-likeness (QED) is 0.669. The summed E-state index contributed by atoms with van der Waals surface area (Å²) in [6, 6.07) is 0. The van der Waals surface area contributed by atoms with E-state index in [0.717, 1.165) is 30.8 Å². The van der Waals surface area contributed by atoms with E-state index in [1.165, 1.54) is 19.3 Å². The number of fused-ring (bicyclic) bond motifs is 3. The van der Waals surface area contributed by atoms with Crippen LogP contribution in [0.3, 0.4) is 0 Å². The molecule has 0 aromatic heterocycles. The molecule has 140 valence electrons. The van der Waals surface area contributed by atoms with Crippen molar-refractivity contribution in [2.24, 2.45) is 28.6 Å². The molecule has 6 atom stereocenters. The first-order valence-corrected chi connectivity index (χ1v) is 10.1. The number of aliphatic hydroxyl groups excluding tert-OH is 3. The van der Waals surface area contributed by atoms with Crippen LogP contribution in [-0.2, 0) is 0 Å². The Hall–Kier alpha value is -0.380. The zero-order chi connectivity index (χ0) is 18.0. The van der Waals surface area contributed by atoms with E-state index < -0.39 is 6.10 Å². The minimum atomic E-state index is -0.529. The van der Waals surface area contributed by atoms with Crippen LogP contribution in [0.2, 0.25) is 0 Å². The fourth-order valence-corrected chi connectivity index (χ4v) is 6.29. The summed E-state index contributed by atoms with van der Waals surface area (Å²) in [5, 5.41) is 30.7. The molecule has 0 heterocycles. The number of hydrogen-bond acceptors (Lipinski definition) is 3. The average molecular weight is 339 g/mol. The molecule has 3 aliphatic rings. The van der Waals surface area contributed by atoms with Crippen molar-refractivity contribution in [2.45, 2.75) is 78.7 Å². The molecule has 0 aliphatic heterocycles. The lowest BCUT2D eigenvalue weighted by molar-refractivity contribution is -0.166. The summed E-state index contributed by atoms with van der Waals surface area (Å²) in [5.41, 5.74) is 0.773. The van der Waals surface area contributed by atoms with Gasteiger partial charge in [-0.15, -0.1) is 0 Å². The monoisotopic (exact) mass is 338 g/mol. The Balaban J connectivity index is 0.00000100. The molecule has 3 N–H and O–H groups in total. The zero-order valence-electron chi connectivity index (χ0n) is 16.1. The Morgan fingerprint density at radius 3 is 2.50 bits per heavy atom. The minimum Gasteiger partial charge on any atom is -0.396 e. The van der Waals surface area contributed by atoms with Crippen molar-refractivity contribution < 1.29 is 15.3 Å². The second kappa shape index (κ2) is 7.88. The van der Waals surface area contributed by atoms with E-state index in [1.807, 2.05) is 13.8 Å². The summed E-state index contributed by atoms with van der Waals surface area (Å²) in [6.07, 6.45) is 8.88.